The molecule has 1 aliphatic heterocycles. The molecule has 1 atom stereocenters. The molecule has 132 valence electrons. The van der Waals surface area contributed by atoms with Crippen molar-refractivity contribution in [1.82, 2.24) is 5.32 Å². The first-order valence-corrected chi connectivity index (χ1v) is 9.53. The number of carbonyl (C=O) groups is 2. The summed E-state index contributed by atoms with van der Waals surface area (Å²) in [4.78, 5) is 28.9. The molecule has 1 aromatic heterocycles. The lowest BCUT2D eigenvalue weighted by molar-refractivity contribution is -0.118. The lowest BCUT2D eigenvalue weighted by atomic mass is 10.1. The maximum atomic E-state index is 12.6. The Morgan fingerprint density at radius 3 is 2.68 bits per heavy atom. The van der Waals surface area contributed by atoms with Gasteiger partial charge in [-0.05, 0) is 62.6 Å². The summed E-state index contributed by atoms with van der Waals surface area (Å²) < 4.78 is 0. The molecule has 1 N–H and O–H groups in total. The van der Waals surface area contributed by atoms with E-state index in [2.05, 4.69) is 25.2 Å². The summed E-state index contributed by atoms with van der Waals surface area (Å²) in [6.45, 7) is 8.76. The Labute approximate surface area is 152 Å². The summed E-state index contributed by atoms with van der Waals surface area (Å²) in [5.74, 6) is 0.0618. The number of hydrogen-bond acceptors (Lipinski definition) is 3. The Balaban J connectivity index is 1.76. The number of thiophene rings is 1. The SMILES string of the molecule is CCC(=O)N1CCc2cc(C(=O)N[C@H](C)c3cc(C)sc3C)ccc21. The average molecular weight is 356 g/mol. The van der Waals surface area contributed by atoms with Crippen LogP contribution < -0.4 is 10.2 Å². The van der Waals surface area contributed by atoms with Gasteiger partial charge in [0.25, 0.3) is 5.91 Å². The second-order valence-corrected chi connectivity index (χ2v) is 8.02. The molecule has 25 heavy (non-hydrogen) atoms. The van der Waals surface area contributed by atoms with E-state index >= 15 is 0 Å². The topological polar surface area (TPSA) is 49.4 Å². The number of rotatable bonds is 4. The molecule has 2 heterocycles. The quantitative estimate of drug-likeness (QED) is 0.894. The Kier molecular flexibility index (Phi) is 4.95. The highest BCUT2D eigenvalue weighted by Gasteiger charge is 2.24. The Bertz CT molecular complexity index is 825. The maximum absolute atomic E-state index is 12.6. The van der Waals surface area contributed by atoms with E-state index < -0.39 is 0 Å². The largest absolute Gasteiger partial charge is 0.345 e. The molecule has 0 aliphatic carbocycles. The third-order valence-electron chi connectivity index (χ3n) is 4.73. The summed E-state index contributed by atoms with van der Waals surface area (Å²) >= 11 is 1.75. The molecule has 0 fully saturated rings. The van der Waals surface area contributed by atoms with Crippen LogP contribution in [0, 0.1) is 13.8 Å². The number of benzene rings is 1. The number of aryl methyl sites for hydroxylation is 2. The fourth-order valence-electron chi connectivity index (χ4n) is 3.43. The van der Waals surface area contributed by atoms with Crippen LogP contribution in [0.1, 0.15) is 57.5 Å². The number of amides is 2. The molecule has 4 nitrogen and oxygen atoms in total. The van der Waals surface area contributed by atoms with Crippen molar-refractivity contribution in [2.45, 2.75) is 46.6 Å². The van der Waals surface area contributed by atoms with E-state index in [0.717, 1.165) is 17.7 Å². The van der Waals surface area contributed by atoms with E-state index in [1.165, 1.54) is 15.3 Å². The fraction of sp³-hybridized carbons (Fsp3) is 0.400. The molecule has 0 spiro atoms. The van der Waals surface area contributed by atoms with Crippen molar-refractivity contribution in [1.29, 1.82) is 0 Å². The van der Waals surface area contributed by atoms with Gasteiger partial charge in [-0.15, -0.1) is 11.3 Å². The predicted molar refractivity (Wildman–Crippen MR) is 102 cm³/mol. The van der Waals surface area contributed by atoms with Crippen LogP contribution in [0.4, 0.5) is 5.69 Å². The first-order valence-electron chi connectivity index (χ1n) is 8.71. The molecule has 0 saturated carbocycles. The smallest absolute Gasteiger partial charge is 0.251 e. The lowest BCUT2D eigenvalue weighted by Crippen LogP contribution is -2.28. The van der Waals surface area contributed by atoms with Crippen molar-refractivity contribution in [2.24, 2.45) is 0 Å². The van der Waals surface area contributed by atoms with Crippen molar-refractivity contribution in [3.8, 4) is 0 Å². The summed E-state index contributed by atoms with van der Waals surface area (Å²) in [5.41, 5.74) is 3.85. The minimum absolute atomic E-state index is 0.0242. The highest BCUT2D eigenvalue weighted by molar-refractivity contribution is 7.12. The number of nitrogens with one attached hydrogen (secondary N) is 1. The predicted octanol–water partition coefficient (Wildman–Crippen LogP) is 4.16. The normalized spacial score (nSPS) is 14.3. The van der Waals surface area contributed by atoms with Crippen LogP contribution in [0.25, 0.3) is 0 Å². The van der Waals surface area contributed by atoms with E-state index in [1.54, 1.807) is 11.3 Å². The van der Waals surface area contributed by atoms with Gasteiger partial charge in [0, 0.05) is 34.0 Å². The van der Waals surface area contributed by atoms with Gasteiger partial charge in [-0.25, -0.2) is 0 Å². The molecule has 0 radical (unpaired) electrons. The van der Waals surface area contributed by atoms with Crippen LogP contribution in [-0.4, -0.2) is 18.4 Å². The second-order valence-electron chi connectivity index (χ2n) is 6.56. The fourth-order valence-corrected chi connectivity index (χ4v) is 4.45. The van der Waals surface area contributed by atoms with Gasteiger partial charge in [-0.1, -0.05) is 6.92 Å². The minimum Gasteiger partial charge on any atom is -0.345 e. The average Bonchev–Trinajstić information content (AvgIpc) is 3.16. The van der Waals surface area contributed by atoms with Gasteiger partial charge in [-0.3, -0.25) is 9.59 Å². The van der Waals surface area contributed by atoms with Crippen molar-refractivity contribution in [3.05, 3.63) is 50.7 Å². The third kappa shape index (κ3) is 3.47. The van der Waals surface area contributed by atoms with Crippen molar-refractivity contribution in [3.63, 3.8) is 0 Å². The zero-order valence-electron chi connectivity index (χ0n) is 15.2. The number of anilines is 1. The molecule has 2 amide bonds. The van der Waals surface area contributed by atoms with E-state index in [4.69, 9.17) is 0 Å². The highest BCUT2D eigenvalue weighted by Crippen LogP contribution is 2.30. The van der Waals surface area contributed by atoms with Crippen molar-refractivity contribution in [2.75, 3.05) is 11.4 Å². The number of nitrogens with zero attached hydrogens (tertiary/aromatic N) is 1. The Morgan fingerprint density at radius 1 is 1.28 bits per heavy atom. The van der Waals surface area contributed by atoms with Gasteiger partial charge < -0.3 is 10.2 Å². The van der Waals surface area contributed by atoms with Crippen molar-refractivity contribution >= 4 is 28.8 Å². The standard InChI is InChI=1S/C20H24N2O2S/c1-5-19(23)22-9-8-15-11-16(6-7-18(15)22)20(24)21-13(3)17-10-12(2)25-14(17)4/h6-7,10-11,13H,5,8-9H2,1-4H3,(H,21,24)/t13-/m1/s1. The molecular weight excluding hydrogens is 332 g/mol. The van der Waals surface area contributed by atoms with E-state index in [1.807, 2.05) is 36.9 Å². The third-order valence-corrected chi connectivity index (χ3v) is 5.72. The molecule has 0 unspecified atom stereocenters. The van der Waals surface area contributed by atoms with Crippen LogP contribution in [0.3, 0.4) is 0 Å². The van der Waals surface area contributed by atoms with Gasteiger partial charge in [0.15, 0.2) is 0 Å². The van der Waals surface area contributed by atoms with Gasteiger partial charge in [0.05, 0.1) is 6.04 Å². The highest BCUT2D eigenvalue weighted by atomic mass is 32.1. The van der Waals surface area contributed by atoms with Crippen LogP contribution in [0.2, 0.25) is 0 Å². The van der Waals surface area contributed by atoms with Gasteiger partial charge in [-0.2, -0.15) is 0 Å². The molecule has 3 rings (SSSR count). The molecule has 5 heteroatoms. The Hall–Kier alpha value is -2.14. The number of carbonyl (C=O) groups excluding carboxylic acids is 2. The van der Waals surface area contributed by atoms with Crippen LogP contribution in [0.5, 0.6) is 0 Å². The minimum atomic E-state index is -0.0705. The van der Waals surface area contributed by atoms with E-state index in [-0.39, 0.29) is 17.9 Å². The summed E-state index contributed by atoms with van der Waals surface area (Å²) in [5, 5.41) is 3.09. The summed E-state index contributed by atoms with van der Waals surface area (Å²) in [6.07, 6.45) is 1.30. The number of fused-ring (bicyclic) bond motifs is 1. The monoisotopic (exact) mass is 356 g/mol. The Morgan fingerprint density at radius 2 is 2.04 bits per heavy atom. The molecule has 2 aromatic rings. The summed E-state index contributed by atoms with van der Waals surface area (Å²) in [6, 6.07) is 7.75. The maximum Gasteiger partial charge on any atom is 0.251 e. The zero-order valence-corrected chi connectivity index (χ0v) is 16.0. The number of hydrogen-bond donors (Lipinski definition) is 1. The first-order chi connectivity index (χ1) is 11.9. The van der Waals surface area contributed by atoms with Crippen molar-refractivity contribution < 1.29 is 9.59 Å². The molecule has 1 aliphatic rings. The molecule has 0 bridgehead atoms. The molecule has 1 aromatic carbocycles. The molecule has 0 saturated heterocycles. The first kappa shape index (κ1) is 17.7. The van der Waals surface area contributed by atoms with Crippen LogP contribution in [0.15, 0.2) is 24.3 Å². The lowest BCUT2D eigenvalue weighted by Gasteiger charge is -2.17. The van der Waals surface area contributed by atoms with Crippen LogP contribution >= 0.6 is 11.3 Å². The zero-order chi connectivity index (χ0) is 18.1. The van der Waals surface area contributed by atoms with Gasteiger partial charge in [0.2, 0.25) is 5.91 Å². The summed E-state index contributed by atoms with van der Waals surface area (Å²) in [7, 11) is 0. The van der Waals surface area contributed by atoms with Crippen LogP contribution in [-0.2, 0) is 11.2 Å². The second kappa shape index (κ2) is 7.00. The van der Waals surface area contributed by atoms with E-state index in [9.17, 15) is 9.59 Å². The molecular formula is C20H24N2O2S. The van der Waals surface area contributed by atoms with Gasteiger partial charge in [0.1, 0.15) is 0 Å². The van der Waals surface area contributed by atoms with Gasteiger partial charge >= 0.3 is 0 Å². The van der Waals surface area contributed by atoms with E-state index in [0.29, 0.717) is 18.5 Å².